The number of nitro groups is 1. The van der Waals surface area contributed by atoms with Crippen LogP contribution in [-0.2, 0) is 0 Å². The first-order valence-electron chi connectivity index (χ1n) is 3.83. The zero-order chi connectivity index (χ0) is 9.84. The molecule has 0 heterocycles. The molecule has 0 spiro atoms. The maximum atomic E-state index is 10.5. The number of benzene rings is 1. The van der Waals surface area contributed by atoms with Crippen molar-refractivity contribution in [2.45, 2.75) is 6.92 Å². The fraction of sp³-hybridized carbons (Fsp3) is 0.111. The normalized spacial score (nSPS) is 9.00. The predicted molar refractivity (Wildman–Crippen MR) is 54.7 cm³/mol. The molecule has 0 fully saturated rings. The quantitative estimate of drug-likeness (QED) is 0.282. The van der Waals surface area contributed by atoms with Gasteiger partial charge in [0.05, 0.1) is 15.2 Å². The molecule has 0 saturated heterocycles. The van der Waals surface area contributed by atoms with E-state index in [1.807, 2.05) is 0 Å². The van der Waals surface area contributed by atoms with Gasteiger partial charge in [0.1, 0.15) is 0 Å². The molecule has 3 nitrogen and oxygen atoms in total. The third-order valence-corrected chi connectivity index (χ3v) is 2.01. The highest BCUT2D eigenvalue weighted by atomic mass is 28.1. The average Bonchev–Trinajstić information content (AvgIpc) is 2.08. The summed E-state index contributed by atoms with van der Waals surface area (Å²) in [6.45, 7) is 1.72. The minimum atomic E-state index is -0.381. The third kappa shape index (κ3) is 1.95. The lowest BCUT2D eigenvalue weighted by Gasteiger charge is -1.98. The van der Waals surface area contributed by atoms with Gasteiger partial charge in [-0.2, -0.15) is 0 Å². The van der Waals surface area contributed by atoms with Crippen LogP contribution in [0.4, 0.5) is 5.69 Å². The lowest BCUT2D eigenvalue weighted by molar-refractivity contribution is -0.385. The van der Waals surface area contributed by atoms with Crippen LogP contribution in [0.2, 0.25) is 0 Å². The van der Waals surface area contributed by atoms with Gasteiger partial charge in [0.25, 0.3) is 5.69 Å². The van der Waals surface area contributed by atoms with Crippen molar-refractivity contribution < 1.29 is 4.92 Å². The van der Waals surface area contributed by atoms with Gasteiger partial charge in [-0.3, -0.25) is 10.1 Å². The zero-order valence-electron chi connectivity index (χ0n) is 7.50. The fourth-order valence-electron chi connectivity index (χ4n) is 1.09. The van der Waals surface area contributed by atoms with Gasteiger partial charge < -0.3 is 0 Å². The summed E-state index contributed by atoms with van der Waals surface area (Å²) in [5.41, 5.74) is 4.40. The first kappa shape index (κ1) is 9.48. The van der Waals surface area contributed by atoms with Crippen molar-refractivity contribution in [3.05, 3.63) is 39.4 Å². The lowest BCUT2D eigenvalue weighted by atomic mass is 10.1. The largest absolute Gasteiger partial charge is 0.273 e. The highest BCUT2D eigenvalue weighted by molar-refractivity contribution is 6.22. The van der Waals surface area contributed by atoms with Crippen LogP contribution in [0.25, 0.3) is 0 Å². The second-order valence-electron chi connectivity index (χ2n) is 2.58. The summed E-state index contributed by atoms with van der Waals surface area (Å²) >= 11 is 0. The van der Waals surface area contributed by atoms with E-state index in [2.05, 4.69) is 11.5 Å². The maximum absolute atomic E-state index is 10.5. The molecule has 0 bridgehead atoms. The molecule has 1 aromatic carbocycles. The molecule has 0 aliphatic heterocycles. The molecule has 1 aromatic rings. The molecule has 0 saturated carbocycles. The van der Waals surface area contributed by atoms with E-state index in [1.165, 1.54) is 6.07 Å². The van der Waals surface area contributed by atoms with E-state index in [4.69, 9.17) is 0 Å². The average molecular weight is 191 g/mol. The molecule has 0 radical (unpaired) electrons. The van der Waals surface area contributed by atoms with Gasteiger partial charge in [-0.1, -0.05) is 12.0 Å². The van der Waals surface area contributed by atoms with Crippen molar-refractivity contribution in [3.8, 4) is 11.5 Å². The summed E-state index contributed by atoms with van der Waals surface area (Å²) in [5.74, 6) is 2.88. The molecule has 13 heavy (non-hydrogen) atoms. The van der Waals surface area contributed by atoms with Crippen molar-refractivity contribution in [2.24, 2.45) is 0 Å². The van der Waals surface area contributed by atoms with Crippen LogP contribution in [0, 0.1) is 28.5 Å². The second kappa shape index (κ2) is 3.87. The molecule has 0 atom stereocenters. The van der Waals surface area contributed by atoms with Crippen LogP contribution in [0.15, 0.2) is 18.2 Å². The molecule has 66 valence electrons. The number of rotatable bonds is 1. The summed E-state index contributed by atoms with van der Waals surface area (Å²) in [7, 11) is 0.785. The topological polar surface area (TPSA) is 43.1 Å². The van der Waals surface area contributed by atoms with Crippen molar-refractivity contribution in [3.63, 3.8) is 0 Å². The van der Waals surface area contributed by atoms with Gasteiger partial charge in [-0.15, -0.1) is 5.54 Å². The van der Waals surface area contributed by atoms with Gasteiger partial charge >= 0.3 is 0 Å². The Labute approximate surface area is 79.3 Å². The number of hydrogen-bond acceptors (Lipinski definition) is 2. The van der Waals surface area contributed by atoms with Crippen LogP contribution >= 0.6 is 0 Å². The molecule has 0 aliphatic carbocycles. The lowest BCUT2D eigenvalue weighted by Crippen LogP contribution is -1.93. The molecular formula is C9H9NO2Si. The molecule has 0 aromatic heterocycles. The highest BCUT2D eigenvalue weighted by Gasteiger charge is 2.11. The monoisotopic (exact) mass is 191 g/mol. The van der Waals surface area contributed by atoms with Crippen LogP contribution in [-0.4, -0.2) is 15.2 Å². The van der Waals surface area contributed by atoms with Gasteiger partial charge in [-0.05, 0) is 13.0 Å². The summed E-state index contributed by atoms with van der Waals surface area (Å²) < 4.78 is 0. The maximum Gasteiger partial charge on any atom is 0.273 e. The first-order valence-corrected chi connectivity index (χ1v) is 4.83. The molecule has 0 N–H and O–H groups in total. The minimum absolute atomic E-state index is 0.141. The Morgan fingerprint density at radius 3 is 2.77 bits per heavy atom. The smallest absolute Gasteiger partial charge is 0.258 e. The van der Waals surface area contributed by atoms with Crippen molar-refractivity contribution >= 4 is 15.9 Å². The molecule has 0 amide bonds. The van der Waals surface area contributed by atoms with E-state index < -0.39 is 0 Å². The Balaban J connectivity index is 3.31. The standard InChI is InChI=1S/C9H9NO2Si/c1-7-8(5-6-13)3-2-4-9(7)10(11)12/h2-4H,1,13H3. The fourth-order valence-corrected chi connectivity index (χ4v) is 1.36. The van der Waals surface area contributed by atoms with E-state index in [-0.39, 0.29) is 10.6 Å². The Morgan fingerprint density at radius 2 is 2.23 bits per heavy atom. The molecule has 0 unspecified atom stereocenters. The highest BCUT2D eigenvalue weighted by Crippen LogP contribution is 2.19. The SMILES string of the molecule is Cc1c(C#C[SiH3])cccc1[N+](=O)[O-]. The second-order valence-corrected chi connectivity index (χ2v) is 3.08. The number of hydrogen-bond donors (Lipinski definition) is 0. The summed E-state index contributed by atoms with van der Waals surface area (Å²) in [4.78, 5) is 10.2. The molecular weight excluding hydrogens is 182 g/mol. The summed E-state index contributed by atoms with van der Waals surface area (Å²) in [6, 6.07) is 4.95. The van der Waals surface area contributed by atoms with E-state index in [0.29, 0.717) is 5.56 Å². The van der Waals surface area contributed by atoms with Gasteiger partial charge in [-0.25, -0.2) is 0 Å². The van der Waals surface area contributed by atoms with E-state index >= 15 is 0 Å². The number of nitrogens with zero attached hydrogens (tertiary/aromatic N) is 1. The van der Waals surface area contributed by atoms with Crippen molar-refractivity contribution in [1.82, 2.24) is 0 Å². The Bertz CT molecular complexity index is 404. The van der Waals surface area contributed by atoms with Crippen LogP contribution in [0.3, 0.4) is 0 Å². The van der Waals surface area contributed by atoms with Gasteiger partial charge in [0, 0.05) is 17.2 Å². The Morgan fingerprint density at radius 1 is 1.54 bits per heavy atom. The van der Waals surface area contributed by atoms with Crippen LogP contribution < -0.4 is 0 Å². The Kier molecular flexibility index (Phi) is 2.83. The van der Waals surface area contributed by atoms with Gasteiger partial charge in [0.15, 0.2) is 0 Å². The van der Waals surface area contributed by atoms with Crippen molar-refractivity contribution in [1.29, 1.82) is 0 Å². The first-order chi connectivity index (χ1) is 6.16. The molecule has 4 heteroatoms. The zero-order valence-corrected chi connectivity index (χ0v) is 9.50. The molecule has 1 rings (SSSR count). The van der Waals surface area contributed by atoms with Crippen LogP contribution in [0.1, 0.15) is 11.1 Å². The summed E-state index contributed by atoms with van der Waals surface area (Å²) in [5, 5.41) is 10.5. The van der Waals surface area contributed by atoms with E-state index in [9.17, 15) is 10.1 Å². The van der Waals surface area contributed by atoms with Crippen molar-refractivity contribution in [2.75, 3.05) is 0 Å². The minimum Gasteiger partial charge on any atom is -0.258 e. The number of nitro benzene ring substituents is 1. The van der Waals surface area contributed by atoms with E-state index in [0.717, 1.165) is 15.8 Å². The van der Waals surface area contributed by atoms with Crippen LogP contribution in [0.5, 0.6) is 0 Å². The summed E-state index contributed by atoms with van der Waals surface area (Å²) in [6.07, 6.45) is 0. The predicted octanol–water partition coefficient (Wildman–Crippen LogP) is 0.578. The third-order valence-electron chi connectivity index (χ3n) is 1.76. The molecule has 0 aliphatic rings. The van der Waals surface area contributed by atoms with E-state index in [1.54, 1.807) is 19.1 Å². The Hall–Kier alpha value is -1.60. The van der Waals surface area contributed by atoms with Gasteiger partial charge in [0.2, 0.25) is 0 Å².